The third-order valence-electron chi connectivity index (χ3n) is 2.97. The normalized spacial score (nSPS) is 20.8. The molecule has 0 saturated carbocycles. The molecule has 2 rings (SSSR count). The summed E-state index contributed by atoms with van der Waals surface area (Å²) >= 11 is 0. The summed E-state index contributed by atoms with van der Waals surface area (Å²) < 4.78 is 5.43. The van der Waals surface area contributed by atoms with Crippen LogP contribution in [0, 0.1) is 0 Å². The van der Waals surface area contributed by atoms with Gasteiger partial charge in [-0.25, -0.2) is 4.79 Å². The van der Waals surface area contributed by atoms with Crippen LogP contribution in [0.4, 0.5) is 0 Å². The SMILES string of the molecule is C=CC(=C)[C@H]1COCCN1Cc1nn(N)c(=O)[nH]1. The van der Waals surface area contributed by atoms with Gasteiger partial charge in [-0.2, -0.15) is 0 Å². The number of nitrogens with two attached hydrogens (primary N) is 1. The number of aromatic nitrogens is 3. The van der Waals surface area contributed by atoms with Gasteiger partial charge < -0.3 is 10.6 Å². The first-order valence-corrected chi connectivity index (χ1v) is 5.68. The molecule has 1 aliphatic rings. The number of nitrogens with one attached hydrogen (secondary N) is 1. The first kappa shape index (κ1) is 12.6. The summed E-state index contributed by atoms with van der Waals surface area (Å²) in [6, 6.07) is 0.0580. The minimum absolute atomic E-state index is 0.0580. The van der Waals surface area contributed by atoms with E-state index < -0.39 is 5.69 Å². The van der Waals surface area contributed by atoms with E-state index in [1.165, 1.54) is 0 Å². The Hall–Kier alpha value is -1.86. The number of hydrogen-bond acceptors (Lipinski definition) is 5. The Morgan fingerprint density at radius 3 is 3.11 bits per heavy atom. The Kier molecular flexibility index (Phi) is 3.63. The number of H-pyrrole nitrogens is 1. The second kappa shape index (κ2) is 5.19. The zero-order valence-electron chi connectivity index (χ0n) is 10.1. The molecule has 1 aromatic rings. The van der Waals surface area contributed by atoms with Crippen LogP contribution in [0.1, 0.15) is 5.82 Å². The van der Waals surface area contributed by atoms with Gasteiger partial charge in [-0.1, -0.05) is 19.2 Å². The van der Waals surface area contributed by atoms with E-state index in [1.54, 1.807) is 6.08 Å². The van der Waals surface area contributed by atoms with Crippen molar-refractivity contribution in [2.75, 3.05) is 25.6 Å². The molecule has 0 aromatic carbocycles. The molecular formula is C11H17N5O2. The van der Waals surface area contributed by atoms with Crippen molar-refractivity contribution < 1.29 is 4.74 Å². The highest BCUT2D eigenvalue weighted by Crippen LogP contribution is 2.16. The standard InChI is InChI=1S/C11H17N5O2/c1-3-8(2)9-7-18-5-4-15(9)6-10-13-11(17)16(12)14-10/h3,9H,1-2,4-7,12H2,(H,13,14,17)/t9-/m1/s1. The molecule has 0 aliphatic carbocycles. The number of nitrogens with zero attached hydrogens (tertiary/aromatic N) is 3. The molecule has 1 saturated heterocycles. The number of morpholine rings is 1. The maximum atomic E-state index is 11.2. The monoisotopic (exact) mass is 251 g/mol. The minimum atomic E-state index is -0.419. The third kappa shape index (κ3) is 2.52. The number of hydrogen-bond donors (Lipinski definition) is 2. The number of aromatic amines is 1. The first-order valence-electron chi connectivity index (χ1n) is 5.68. The summed E-state index contributed by atoms with van der Waals surface area (Å²) in [6.07, 6.45) is 1.72. The third-order valence-corrected chi connectivity index (χ3v) is 2.97. The van der Waals surface area contributed by atoms with E-state index in [0.717, 1.165) is 16.9 Å². The van der Waals surface area contributed by atoms with E-state index in [4.69, 9.17) is 10.6 Å². The Balaban J connectivity index is 2.12. The van der Waals surface area contributed by atoms with E-state index in [9.17, 15) is 4.79 Å². The zero-order valence-corrected chi connectivity index (χ0v) is 10.1. The van der Waals surface area contributed by atoms with Crippen molar-refractivity contribution in [1.29, 1.82) is 0 Å². The van der Waals surface area contributed by atoms with Gasteiger partial charge in [0.25, 0.3) is 0 Å². The molecule has 0 spiro atoms. The van der Waals surface area contributed by atoms with Crippen molar-refractivity contribution in [2.45, 2.75) is 12.6 Å². The average Bonchev–Trinajstić information content (AvgIpc) is 2.68. The van der Waals surface area contributed by atoms with Crippen LogP contribution in [-0.2, 0) is 11.3 Å². The molecule has 2 heterocycles. The highest BCUT2D eigenvalue weighted by atomic mass is 16.5. The largest absolute Gasteiger partial charge is 0.378 e. The molecule has 0 amide bonds. The summed E-state index contributed by atoms with van der Waals surface area (Å²) in [5, 5.41) is 3.91. The van der Waals surface area contributed by atoms with Gasteiger partial charge in [-0.3, -0.25) is 9.88 Å². The molecule has 18 heavy (non-hydrogen) atoms. The van der Waals surface area contributed by atoms with Gasteiger partial charge in [0.05, 0.1) is 25.8 Å². The second-order valence-corrected chi connectivity index (χ2v) is 4.16. The number of nitrogen functional groups attached to an aromatic ring is 1. The smallest absolute Gasteiger partial charge is 0.362 e. The molecule has 98 valence electrons. The van der Waals surface area contributed by atoms with Gasteiger partial charge in [0.1, 0.15) is 5.82 Å². The van der Waals surface area contributed by atoms with Gasteiger partial charge in [0, 0.05) is 6.54 Å². The molecule has 1 aliphatic heterocycles. The van der Waals surface area contributed by atoms with Gasteiger partial charge in [-0.05, 0) is 5.57 Å². The molecule has 1 aromatic heterocycles. The fraction of sp³-hybridized carbons (Fsp3) is 0.455. The molecule has 1 fully saturated rings. The lowest BCUT2D eigenvalue weighted by Crippen LogP contribution is -2.45. The van der Waals surface area contributed by atoms with Crippen molar-refractivity contribution in [2.24, 2.45) is 0 Å². The van der Waals surface area contributed by atoms with Crippen LogP contribution in [0.5, 0.6) is 0 Å². The van der Waals surface area contributed by atoms with Crippen molar-refractivity contribution in [3.63, 3.8) is 0 Å². The number of rotatable bonds is 4. The quantitative estimate of drug-likeness (QED) is 0.542. The van der Waals surface area contributed by atoms with Gasteiger partial charge in [0.2, 0.25) is 0 Å². The van der Waals surface area contributed by atoms with Crippen LogP contribution < -0.4 is 11.5 Å². The van der Waals surface area contributed by atoms with Crippen molar-refractivity contribution in [3.8, 4) is 0 Å². The molecule has 0 radical (unpaired) electrons. The Labute approximate surface area is 105 Å². The highest BCUT2D eigenvalue weighted by Gasteiger charge is 2.25. The van der Waals surface area contributed by atoms with Crippen molar-refractivity contribution in [1.82, 2.24) is 19.8 Å². The molecule has 3 N–H and O–H groups in total. The lowest BCUT2D eigenvalue weighted by Gasteiger charge is -2.35. The Bertz CT molecular complexity index is 504. The van der Waals surface area contributed by atoms with Crippen LogP contribution in [0.3, 0.4) is 0 Å². The second-order valence-electron chi connectivity index (χ2n) is 4.16. The van der Waals surface area contributed by atoms with Gasteiger partial charge in [0.15, 0.2) is 0 Å². The average molecular weight is 251 g/mol. The molecule has 7 nitrogen and oxygen atoms in total. The van der Waals surface area contributed by atoms with E-state index in [2.05, 4.69) is 28.1 Å². The Morgan fingerprint density at radius 2 is 2.50 bits per heavy atom. The first-order chi connectivity index (χ1) is 8.61. The maximum absolute atomic E-state index is 11.2. The summed E-state index contributed by atoms with van der Waals surface area (Å²) in [4.78, 5) is 16.7. The van der Waals surface area contributed by atoms with E-state index >= 15 is 0 Å². The predicted molar refractivity (Wildman–Crippen MR) is 67.4 cm³/mol. The van der Waals surface area contributed by atoms with Crippen LogP contribution >= 0.6 is 0 Å². The summed E-state index contributed by atoms with van der Waals surface area (Å²) in [5.41, 5.74) is 0.474. The van der Waals surface area contributed by atoms with Gasteiger partial charge in [-0.15, -0.1) is 9.89 Å². The predicted octanol–water partition coefficient (Wildman–Crippen LogP) is -0.772. The molecular weight excluding hydrogens is 234 g/mol. The van der Waals surface area contributed by atoms with Gasteiger partial charge >= 0.3 is 5.69 Å². The van der Waals surface area contributed by atoms with E-state index in [-0.39, 0.29) is 6.04 Å². The lowest BCUT2D eigenvalue weighted by molar-refractivity contribution is 0.00232. The highest BCUT2D eigenvalue weighted by molar-refractivity contribution is 5.19. The van der Waals surface area contributed by atoms with E-state index in [1.807, 2.05) is 0 Å². The zero-order chi connectivity index (χ0) is 13.1. The van der Waals surface area contributed by atoms with Crippen molar-refractivity contribution in [3.05, 3.63) is 41.1 Å². The van der Waals surface area contributed by atoms with Crippen molar-refractivity contribution >= 4 is 0 Å². The van der Waals surface area contributed by atoms with Crippen LogP contribution in [0.25, 0.3) is 0 Å². The van der Waals surface area contributed by atoms with Crippen LogP contribution in [-0.4, -0.2) is 45.6 Å². The maximum Gasteiger partial charge on any atom is 0.362 e. The van der Waals surface area contributed by atoms with Crippen LogP contribution in [0.15, 0.2) is 29.6 Å². The summed E-state index contributed by atoms with van der Waals surface area (Å²) in [5.74, 6) is 5.88. The number of ether oxygens (including phenoxy) is 1. The summed E-state index contributed by atoms with van der Waals surface area (Å²) in [7, 11) is 0. The fourth-order valence-corrected chi connectivity index (χ4v) is 1.95. The summed E-state index contributed by atoms with van der Waals surface area (Å²) in [6.45, 7) is 10.1. The van der Waals surface area contributed by atoms with E-state index in [0.29, 0.717) is 25.6 Å². The minimum Gasteiger partial charge on any atom is -0.378 e. The Morgan fingerprint density at radius 1 is 1.72 bits per heavy atom. The topological polar surface area (TPSA) is 89.2 Å². The fourth-order valence-electron chi connectivity index (χ4n) is 1.95. The lowest BCUT2D eigenvalue weighted by atomic mass is 10.1. The molecule has 7 heteroatoms. The van der Waals surface area contributed by atoms with Crippen LogP contribution in [0.2, 0.25) is 0 Å². The molecule has 0 bridgehead atoms. The molecule has 1 atom stereocenters. The molecule has 0 unspecified atom stereocenters.